The van der Waals surface area contributed by atoms with Crippen LogP contribution >= 0.6 is 11.3 Å². The van der Waals surface area contributed by atoms with Crippen molar-refractivity contribution in [1.82, 2.24) is 9.80 Å². The smallest absolute Gasteiger partial charge is 0.223 e. The van der Waals surface area contributed by atoms with E-state index in [0.717, 1.165) is 32.1 Å². The first kappa shape index (κ1) is 15.5. The van der Waals surface area contributed by atoms with E-state index in [1.165, 1.54) is 23.3 Å². The Morgan fingerprint density at radius 1 is 1.55 bits per heavy atom. The Balaban J connectivity index is 1.75. The van der Waals surface area contributed by atoms with Crippen molar-refractivity contribution in [1.29, 1.82) is 0 Å². The molecule has 2 rings (SSSR count). The van der Waals surface area contributed by atoms with Crippen molar-refractivity contribution in [2.24, 2.45) is 5.92 Å². The SMILES string of the molecule is Cc1ccsc1CN(C)C(=O)CCN1CCCC(C)C1. The van der Waals surface area contributed by atoms with Gasteiger partial charge in [0.25, 0.3) is 0 Å². The van der Waals surface area contributed by atoms with Crippen LogP contribution in [0, 0.1) is 12.8 Å². The van der Waals surface area contributed by atoms with E-state index in [-0.39, 0.29) is 5.91 Å². The molecular weight excluding hydrogens is 268 g/mol. The zero-order valence-corrected chi connectivity index (χ0v) is 13.7. The Morgan fingerprint density at radius 2 is 2.35 bits per heavy atom. The van der Waals surface area contributed by atoms with E-state index in [1.54, 1.807) is 11.3 Å². The highest BCUT2D eigenvalue weighted by Gasteiger charge is 2.18. The Labute approximate surface area is 126 Å². The van der Waals surface area contributed by atoms with Gasteiger partial charge in [-0.25, -0.2) is 0 Å². The summed E-state index contributed by atoms with van der Waals surface area (Å²) in [5, 5.41) is 2.10. The summed E-state index contributed by atoms with van der Waals surface area (Å²) in [6.07, 6.45) is 3.26. The van der Waals surface area contributed by atoms with Gasteiger partial charge >= 0.3 is 0 Å². The normalized spacial score (nSPS) is 20.1. The van der Waals surface area contributed by atoms with E-state index in [0.29, 0.717) is 6.42 Å². The highest BCUT2D eigenvalue weighted by Crippen LogP contribution is 2.18. The highest BCUT2D eigenvalue weighted by molar-refractivity contribution is 7.10. The highest BCUT2D eigenvalue weighted by atomic mass is 32.1. The minimum absolute atomic E-state index is 0.260. The lowest BCUT2D eigenvalue weighted by Crippen LogP contribution is -2.37. The molecule has 0 N–H and O–H groups in total. The molecule has 4 heteroatoms. The van der Waals surface area contributed by atoms with E-state index >= 15 is 0 Å². The van der Waals surface area contributed by atoms with Crippen LogP contribution in [0.3, 0.4) is 0 Å². The molecule has 2 heterocycles. The number of hydrogen-bond donors (Lipinski definition) is 0. The Hall–Kier alpha value is -0.870. The molecule has 3 nitrogen and oxygen atoms in total. The standard InChI is InChI=1S/C16H26N2OS/c1-13-5-4-8-18(11-13)9-6-16(19)17(3)12-15-14(2)7-10-20-15/h7,10,13H,4-6,8-9,11-12H2,1-3H3. The van der Waals surface area contributed by atoms with E-state index < -0.39 is 0 Å². The number of rotatable bonds is 5. The van der Waals surface area contributed by atoms with Gasteiger partial charge in [-0.05, 0) is 49.2 Å². The summed E-state index contributed by atoms with van der Waals surface area (Å²) in [5.74, 6) is 1.04. The fourth-order valence-corrected chi connectivity index (χ4v) is 3.76. The van der Waals surface area contributed by atoms with Crippen molar-refractivity contribution in [2.75, 3.05) is 26.7 Å². The first-order valence-electron chi connectivity index (χ1n) is 7.55. The maximum absolute atomic E-state index is 12.2. The van der Waals surface area contributed by atoms with Crippen LogP contribution in [-0.2, 0) is 11.3 Å². The van der Waals surface area contributed by atoms with Crippen molar-refractivity contribution >= 4 is 17.2 Å². The number of carbonyl (C=O) groups excluding carboxylic acids is 1. The van der Waals surface area contributed by atoms with Gasteiger partial charge < -0.3 is 9.80 Å². The average molecular weight is 294 g/mol. The fourth-order valence-electron chi connectivity index (χ4n) is 2.80. The van der Waals surface area contributed by atoms with Gasteiger partial charge in [-0.1, -0.05) is 6.92 Å². The molecule has 0 bridgehead atoms. The van der Waals surface area contributed by atoms with Crippen LogP contribution in [0.1, 0.15) is 36.6 Å². The minimum atomic E-state index is 0.260. The first-order chi connectivity index (χ1) is 9.56. The van der Waals surface area contributed by atoms with Crippen LogP contribution in [-0.4, -0.2) is 42.4 Å². The summed E-state index contributed by atoms with van der Waals surface area (Å²) < 4.78 is 0. The Morgan fingerprint density at radius 3 is 3.00 bits per heavy atom. The second-order valence-corrected chi connectivity index (χ2v) is 7.08. The minimum Gasteiger partial charge on any atom is -0.341 e. The summed E-state index contributed by atoms with van der Waals surface area (Å²) in [6.45, 7) is 8.39. The molecule has 112 valence electrons. The first-order valence-corrected chi connectivity index (χ1v) is 8.43. The molecule has 1 aliphatic heterocycles. The number of thiophene rings is 1. The van der Waals surface area contributed by atoms with Gasteiger partial charge in [0.1, 0.15) is 0 Å². The number of amides is 1. The van der Waals surface area contributed by atoms with Gasteiger partial charge in [0.15, 0.2) is 0 Å². The van der Waals surface area contributed by atoms with Crippen molar-refractivity contribution in [3.05, 3.63) is 21.9 Å². The van der Waals surface area contributed by atoms with Crippen LogP contribution < -0.4 is 0 Å². The maximum atomic E-state index is 12.2. The molecule has 1 unspecified atom stereocenters. The Kier molecular flexibility index (Phi) is 5.61. The molecule has 0 saturated carbocycles. The lowest BCUT2D eigenvalue weighted by Gasteiger charge is -2.31. The molecule has 1 fully saturated rings. The number of hydrogen-bond acceptors (Lipinski definition) is 3. The molecule has 1 saturated heterocycles. The predicted molar refractivity (Wildman–Crippen MR) is 85.0 cm³/mol. The monoisotopic (exact) mass is 294 g/mol. The third kappa shape index (κ3) is 4.32. The molecule has 0 aliphatic carbocycles. The maximum Gasteiger partial charge on any atom is 0.223 e. The van der Waals surface area contributed by atoms with Gasteiger partial charge in [-0.3, -0.25) is 4.79 Å². The molecular formula is C16H26N2OS. The van der Waals surface area contributed by atoms with Crippen molar-refractivity contribution < 1.29 is 4.79 Å². The number of piperidine rings is 1. The topological polar surface area (TPSA) is 23.6 Å². The van der Waals surface area contributed by atoms with Gasteiger partial charge in [-0.15, -0.1) is 11.3 Å². The van der Waals surface area contributed by atoms with Crippen LogP contribution in [0.4, 0.5) is 0 Å². The fraction of sp³-hybridized carbons (Fsp3) is 0.688. The summed E-state index contributed by atoms with van der Waals surface area (Å²) >= 11 is 1.74. The molecule has 1 aromatic heterocycles. The lowest BCUT2D eigenvalue weighted by atomic mass is 10.0. The number of carbonyl (C=O) groups is 1. The van der Waals surface area contributed by atoms with Crippen LogP contribution in [0.15, 0.2) is 11.4 Å². The number of nitrogens with zero attached hydrogens (tertiary/aromatic N) is 2. The van der Waals surface area contributed by atoms with Crippen molar-refractivity contribution in [2.45, 2.75) is 39.7 Å². The zero-order chi connectivity index (χ0) is 14.5. The Bertz CT molecular complexity index is 443. The summed E-state index contributed by atoms with van der Waals surface area (Å²) in [5.41, 5.74) is 1.29. The average Bonchev–Trinajstić information content (AvgIpc) is 2.81. The zero-order valence-electron chi connectivity index (χ0n) is 12.9. The summed E-state index contributed by atoms with van der Waals surface area (Å²) in [4.78, 5) is 17.8. The van der Waals surface area contributed by atoms with Crippen LogP contribution in [0.2, 0.25) is 0 Å². The van der Waals surface area contributed by atoms with Crippen molar-refractivity contribution in [3.63, 3.8) is 0 Å². The molecule has 1 aliphatic rings. The lowest BCUT2D eigenvalue weighted by molar-refractivity contribution is -0.130. The third-order valence-corrected chi connectivity index (χ3v) is 5.17. The molecule has 1 amide bonds. The third-order valence-electron chi connectivity index (χ3n) is 4.16. The van der Waals surface area contributed by atoms with Gasteiger partial charge in [0.05, 0.1) is 6.54 Å². The quantitative estimate of drug-likeness (QED) is 0.833. The molecule has 0 radical (unpaired) electrons. The van der Waals surface area contributed by atoms with E-state index in [2.05, 4.69) is 30.2 Å². The summed E-state index contributed by atoms with van der Waals surface area (Å²) in [7, 11) is 1.92. The van der Waals surface area contributed by atoms with E-state index in [9.17, 15) is 4.79 Å². The van der Waals surface area contributed by atoms with E-state index in [1.807, 2.05) is 11.9 Å². The molecule has 0 spiro atoms. The number of likely N-dealkylation sites (tertiary alicyclic amines) is 1. The predicted octanol–water partition coefficient (Wildman–Crippen LogP) is 3.14. The largest absolute Gasteiger partial charge is 0.341 e. The molecule has 1 aromatic rings. The molecule has 20 heavy (non-hydrogen) atoms. The van der Waals surface area contributed by atoms with Gasteiger partial charge in [0, 0.05) is 31.4 Å². The van der Waals surface area contributed by atoms with Crippen LogP contribution in [0.25, 0.3) is 0 Å². The van der Waals surface area contributed by atoms with Crippen molar-refractivity contribution in [3.8, 4) is 0 Å². The van der Waals surface area contributed by atoms with Crippen LogP contribution in [0.5, 0.6) is 0 Å². The van der Waals surface area contributed by atoms with Gasteiger partial charge in [-0.2, -0.15) is 0 Å². The van der Waals surface area contributed by atoms with E-state index in [4.69, 9.17) is 0 Å². The second-order valence-electron chi connectivity index (χ2n) is 6.07. The number of aryl methyl sites for hydroxylation is 1. The second kappa shape index (κ2) is 7.23. The molecule has 0 aromatic carbocycles. The molecule has 1 atom stereocenters. The van der Waals surface area contributed by atoms with Gasteiger partial charge in [0.2, 0.25) is 5.91 Å². The summed E-state index contributed by atoms with van der Waals surface area (Å²) in [6, 6.07) is 2.12.